The van der Waals surface area contributed by atoms with Gasteiger partial charge in [-0.05, 0) is 64.0 Å². The fourth-order valence-corrected chi connectivity index (χ4v) is 2.90. The van der Waals surface area contributed by atoms with Gasteiger partial charge >= 0.3 is 0 Å². The summed E-state index contributed by atoms with van der Waals surface area (Å²) >= 11 is 3.50. The summed E-state index contributed by atoms with van der Waals surface area (Å²) in [6, 6.07) is 12.0. The van der Waals surface area contributed by atoms with Crippen molar-refractivity contribution in [1.29, 1.82) is 0 Å². The molecule has 4 nitrogen and oxygen atoms in total. The Balaban J connectivity index is 1.90. The van der Waals surface area contributed by atoms with Gasteiger partial charge in [0.2, 0.25) is 0 Å². The molecule has 0 spiro atoms. The van der Waals surface area contributed by atoms with Crippen LogP contribution in [0.3, 0.4) is 0 Å². The number of rotatable bonds is 5. The van der Waals surface area contributed by atoms with Crippen molar-refractivity contribution in [3.05, 3.63) is 63.1 Å². The summed E-state index contributed by atoms with van der Waals surface area (Å²) in [5.41, 5.74) is 7.02. The first-order chi connectivity index (χ1) is 12.2. The number of hydrogen-bond acceptors (Lipinski definition) is 3. The Morgan fingerprint density at radius 2 is 1.92 bits per heavy atom. The number of benzene rings is 2. The highest BCUT2D eigenvalue weighted by atomic mass is 79.9. The van der Waals surface area contributed by atoms with Crippen LogP contribution in [0.1, 0.15) is 43.0 Å². The molecule has 0 bridgehead atoms. The van der Waals surface area contributed by atoms with E-state index >= 15 is 0 Å². The zero-order chi connectivity index (χ0) is 19.3. The Bertz CT molecular complexity index is 823. The molecule has 2 aromatic rings. The third kappa shape index (κ3) is 5.70. The lowest BCUT2D eigenvalue weighted by Gasteiger charge is -2.20. The highest BCUT2D eigenvalue weighted by Gasteiger charge is 2.15. The van der Waals surface area contributed by atoms with Crippen LogP contribution in [0.4, 0.5) is 0 Å². The summed E-state index contributed by atoms with van der Waals surface area (Å²) in [5.74, 6) is 0.323. The van der Waals surface area contributed by atoms with Gasteiger partial charge in [0.05, 0.1) is 10.7 Å². The number of halogens is 1. The molecule has 0 aliphatic rings. The van der Waals surface area contributed by atoms with E-state index in [-0.39, 0.29) is 17.9 Å². The predicted molar refractivity (Wildman–Crippen MR) is 110 cm³/mol. The fourth-order valence-electron chi connectivity index (χ4n) is 2.40. The SMILES string of the molecule is Cc1ccc(/C=N\NC(=O)COc2ccc(C(C)(C)C)cc2Br)c(C)c1. The summed E-state index contributed by atoms with van der Waals surface area (Å²) in [6.45, 7) is 10.4. The van der Waals surface area contributed by atoms with Crippen molar-refractivity contribution < 1.29 is 9.53 Å². The summed E-state index contributed by atoms with van der Waals surface area (Å²) in [6.07, 6.45) is 1.64. The minimum atomic E-state index is -0.308. The zero-order valence-corrected chi connectivity index (χ0v) is 17.5. The van der Waals surface area contributed by atoms with E-state index in [1.165, 1.54) is 11.1 Å². The predicted octanol–water partition coefficient (Wildman–Crippen LogP) is 4.89. The van der Waals surface area contributed by atoms with Crippen molar-refractivity contribution in [3.63, 3.8) is 0 Å². The molecule has 0 aliphatic heterocycles. The van der Waals surface area contributed by atoms with Gasteiger partial charge in [-0.25, -0.2) is 5.43 Å². The molecule has 5 heteroatoms. The van der Waals surface area contributed by atoms with Crippen molar-refractivity contribution >= 4 is 28.1 Å². The second kappa shape index (κ2) is 8.49. The van der Waals surface area contributed by atoms with Crippen LogP contribution >= 0.6 is 15.9 Å². The Kier molecular flexibility index (Phi) is 6.59. The van der Waals surface area contributed by atoms with Crippen LogP contribution in [-0.4, -0.2) is 18.7 Å². The third-order valence-electron chi connectivity index (χ3n) is 3.97. The number of aryl methyl sites for hydroxylation is 2. The number of amides is 1. The highest BCUT2D eigenvalue weighted by molar-refractivity contribution is 9.10. The van der Waals surface area contributed by atoms with E-state index < -0.39 is 0 Å². The lowest BCUT2D eigenvalue weighted by molar-refractivity contribution is -0.123. The topological polar surface area (TPSA) is 50.7 Å². The number of nitrogens with zero attached hydrogens (tertiary/aromatic N) is 1. The van der Waals surface area contributed by atoms with Crippen molar-refractivity contribution in [2.75, 3.05) is 6.61 Å². The van der Waals surface area contributed by atoms with Gasteiger partial charge in [0.25, 0.3) is 5.91 Å². The summed E-state index contributed by atoms with van der Waals surface area (Å²) < 4.78 is 6.41. The molecule has 1 N–H and O–H groups in total. The molecule has 2 rings (SSSR count). The molecule has 0 unspecified atom stereocenters. The first kappa shape index (κ1) is 20.2. The average molecular weight is 417 g/mol. The van der Waals surface area contributed by atoms with Gasteiger partial charge in [0, 0.05) is 0 Å². The minimum Gasteiger partial charge on any atom is -0.483 e. The number of hydrazone groups is 1. The minimum absolute atomic E-state index is 0.0568. The van der Waals surface area contributed by atoms with Crippen molar-refractivity contribution in [2.45, 2.75) is 40.0 Å². The van der Waals surface area contributed by atoms with E-state index in [0.717, 1.165) is 15.6 Å². The van der Waals surface area contributed by atoms with Crippen LogP contribution < -0.4 is 10.2 Å². The van der Waals surface area contributed by atoms with Gasteiger partial charge in [-0.1, -0.05) is 50.6 Å². The standard InChI is InChI=1S/C21H25BrN2O2/c1-14-6-7-16(15(2)10-14)12-23-24-20(25)13-26-19-9-8-17(11-18(19)22)21(3,4)5/h6-12H,13H2,1-5H3,(H,24,25)/b23-12-. The number of nitrogens with one attached hydrogen (secondary N) is 1. The van der Waals surface area contributed by atoms with Gasteiger partial charge in [0.15, 0.2) is 6.61 Å². The number of hydrogen-bond donors (Lipinski definition) is 1. The number of carbonyl (C=O) groups is 1. The van der Waals surface area contributed by atoms with Crippen LogP contribution in [0.2, 0.25) is 0 Å². The monoisotopic (exact) mass is 416 g/mol. The zero-order valence-electron chi connectivity index (χ0n) is 15.9. The van der Waals surface area contributed by atoms with E-state index in [9.17, 15) is 4.79 Å². The number of ether oxygens (including phenoxy) is 1. The average Bonchev–Trinajstić information content (AvgIpc) is 2.55. The first-order valence-electron chi connectivity index (χ1n) is 8.49. The van der Waals surface area contributed by atoms with Crippen molar-refractivity contribution in [2.24, 2.45) is 5.10 Å². The summed E-state index contributed by atoms with van der Waals surface area (Å²) in [4.78, 5) is 11.9. The Labute approximate surface area is 163 Å². The van der Waals surface area contributed by atoms with Gasteiger partial charge in [-0.15, -0.1) is 0 Å². The normalized spacial score (nSPS) is 11.6. The Morgan fingerprint density at radius 3 is 2.54 bits per heavy atom. The van der Waals surface area contributed by atoms with Crippen LogP contribution in [0.25, 0.3) is 0 Å². The molecule has 0 radical (unpaired) electrons. The summed E-state index contributed by atoms with van der Waals surface area (Å²) in [5, 5.41) is 4.00. The molecule has 138 valence electrons. The molecule has 0 saturated heterocycles. The molecule has 0 saturated carbocycles. The van der Waals surface area contributed by atoms with Crippen LogP contribution in [0.15, 0.2) is 46.0 Å². The molecule has 0 atom stereocenters. The van der Waals surface area contributed by atoms with Crippen LogP contribution in [0, 0.1) is 13.8 Å². The largest absolute Gasteiger partial charge is 0.483 e. The lowest BCUT2D eigenvalue weighted by atomic mass is 9.87. The maximum absolute atomic E-state index is 11.9. The molecular weight excluding hydrogens is 392 g/mol. The molecular formula is C21H25BrN2O2. The Hall–Kier alpha value is -2.14. The van der Waals surface area contributed by atoms with Crippen LogP contribution in [-0.2, 0) is 10.2 Å². The van der Waals surface area contributed by atoms with E-state index in [1.54, 1.807) is 6.21 Å². The van der Waals surface area contributed by atoms with Crippen molar-refractivity contribution in [3.8, 4) is 5.75 Å². The van der Waals surface area contributed by atoms with Gasteiger partial charge < -0.3 is 4.74 Å². The molecule has 0 heterocycles. The van der Waals surface area contributed by atoms with E-state index in [4.69, 9.17) is 4.74 Å². The maximum atomic E-state index is 11.9. The second-order valence-corrected chi connectivity index (χ2v) is 8.19. The lowest BCUT2D eigenvalue weighted by Crippen LogP contribution is -2.24. The van der Waals surface area contributed by atoms with Crippen molar-refractivity contribution in [1.82, 2.24) is 5.43 Å². The maximum Gasteiger partial charge on any atom is 0.277 e. The highest BCUT2D eigenvalue weighted by Crippen LogP contribution is 2.31. The molecule has 0 fully saturated rings. The molecule has 1 amide bonds. The fraction of sp³-hybridized carbons (Fsp3) is 0.333. The molecule has 0 aromatic heterocycles. The van der Waals surface area contributed by atoms with E-state index in [0.29, 0.717) is 5.75 Å². The summed E-state index contributed by atoms with van der Waals surface area (Å²) in [7, 11) is 0. The first-order valence-corrected chi connectivity index (χ1v) is 9.28. The Morgan fingerprint density at radius 1 is 1.19 bits per heavy atom. The molecule has 26 heavy (non-hydrogen) atoms. The molecule has 2 aromatic carbocycles. The molecule has 0 aliphatic carbocycles. The number of carbonyl (C=O) groups excluding carboxylic acids is 1. The smallest absolute Gasteiger partial charge is 0.277 e. The van der Waals surface area contributed by atoms with Crippen LogP contribution in [0.5, 0.6) is 5.75 Å². The van der Waals surface area contributed by atoms with Gasteiger partial charge in [-0.3, -0.25) is 4.79 Å². The van der Waals surface area contributed by atoms with E-state index in [1.807, 2.05) is 44.2 Å². The van der Waals surface area contributed by atoms with Gasteiger partial charge in [-0.2, -0.15) is 5.10 Å². The third-order valence-corrected chi connectivity index (χ3v) is 4.59. The second-order valence-electron chi connectivity index (χ2n) is 7.34. The van der Waals surface area contributed by atoms with E-state index in [2.05, 4.69) is 53.3 Å². The quantitative estimate of drug-likeness (QED) is 0.556. The van der Waals surface area contributed by atoms with Gasteiger partial charge in [0.1, 0.15) is 5.75 Å².